The number of aromatic nitrogens is 2. The van der Waals surface area contributed by atoms with Crippen LogP contribution in [-0.4, -0.2) is 20.9 Å². The van der Waals surface area contributed by atoms with Crippen molar-refractivity contribution in [1.29, 1.82) is 0 Å². The van der Waals surface area contributed by atoms with E-state index < -0.39 is 0 Å². The molecule has 4 nitrogen and oxygen atoms in total. The number of aryl methyl sites for hydroxylation is 1. The fourth-order valence-electron chi connectivity index (χ4n) is 9.35. The summed E-state index contributed by atoms with van der Waals surface area (Å²) in [6.07, 6.45) is 11.5. The van der Waals surface area contributed by atoms with Gasteiger partial charge in [0, 0.05) is 50.9 Å². The van der Waals surface area contributed by atoms with Gasteiger partial charge in [-0.2, -0.15) is 0 Å². The minimum absolute atomic E-state index is 0. The molecule has 0 atom stereocenters. The zero-order valence-electron chi connectivity index (χ0n) is 36.6. The number of allylic oxidation sites excluding steroid dienone is 2. The first-order chi connectivity index (χ1) is 32.0. The van der Waals surface area contributed by atoms with E-state index in [4.69, 9.17) is 9.97 Å². The Morgan fingerprint density at radius 1 is 0.545 bits per heavy atom. The molecule has 1 saturated carbocycles. The van der Waals surface area contributed by atoms with Crippen LogP contribution in [0.1, 0.15) is 44.1 Å². The number of aliphatic hydroxyl groups is 1. The van der Waals surface area contributed by atoms with E-state index in [9.17, 15) is 9.90 Å². The van der Waals surface area contributed by atoms with Crippen LogP contribution in [0.25, 0.3) is 88.9 Å². The number of ketones is 1. The Morgan fingerprint density at radius 2 is 1.12 bits per heavy atom. The maximum atomic E-state index is 13.3. The van der Waals surface area contributed by atoms with Crippen LogP contribution >= 0.6 is 0 Å². The van der Waals surface area contributed by atoms with E-state index in [1.165, 1.54) is 12.5 Å². The van der Waals surface area contributed by atoms with Crippen molar-refractivity contribution in [1.82, 2.24) is 9.97 Å². The van der Waals surface area contributed by atoms with Crippen molar-refractivity contribution in [3.05, 3.63) is 218 Å². The first kappa shape index (κ1) is 44.2. The first-order valence-corrected chi connectivity index (χ1v) is 22.7. The minimum atomic E-state index is -0.0378. The molecule has 9 aromatic rings. The number of aliphatic hydroxyl groups excluding tert-OH is 1. The molecule has 2 heterocycles. The molecule has 10 rings (SSSR count). The quantitative estimate of drug-likeness (QED) is 0.0752. The molecule has 1 aliphatic rings. The summed E-state index contributed by atoms with van der Waals surface area (Å²) in [7, 11) is 0. The Balaban J connectivity index is 0.00000548. The van der Waals surface area contributed by atoms with E-state index in [1.54, 1.807) is 0 Å². The van der Waals surface area contributed by atoms with Crippen LogP contribution in [-0.2, 0) is 31.3 Å². The average molecular weight is 1030 g/mol. The molecule has 0 saturated heterocycles. The zero-order valence-corrected chi connectivity index (χ0v) is 39.0. The van der Waals surface area contributed by atoms with Gasteiger partial charge in [0.25, 0.3) is 0 Å². The molecule has 0 aliphatic heterocycles. The third kappa shape index (κ3) is 9.79. The molecule has 325 valence electrons. The van der Waals surface area contributed by atoms with E-state index >= 15 is 0 Å². The number of nitrogens with zero attached hydrogens (tertiary/aromatic N) is 2. The Hall–Kier alpha value is -7.04. The molecule has 1 fully saturated rings. The maximum Gasteiger partial charge on any atom is 0.159 e. The SMILES string of the molecule is O=C(/C=C(\O)C1CCCCC1)CCc1ccccc1-c1cc(-c2ccccc2-c2c[c-]c(-c3cc4ccccc4cn3)cc2)cc(-c2ccccc2-c2ccc(-c3[c-]cccc3)nc2)c1.[Ir]. The number of hydrogen-bond acceptors (Lipinski definition) is 4. The number of hydrogen-bond donors (Lipinski definition) is 1. The van der Waals surface area contributed by atoms with Crippen molar-refractivity contribution in [2.75, 3.05) is 0 Å². The van der Waals surface area contributed by atoms with Gasteiger partial charge >= 0.3 is 0 Å². The number of carbonyl (C=O) groups excluding carboxylic acids is 1. The molecular weight excluding hydrogens is 985 g/mol. The van der Waals surface area contributed by atoms with Crippen LogP contribution < -0.4 is 0 Å². The van der Waals surface area contributed by atoms with Crippen molar-refractivity contribution < 1.29 is 30.0 Å². The summed E-state index contributed by atoms with van der Waals surface area (Å²) in [5.74, 6) is 0.308. The van der Waals surface area contributed by atoms with Gasteiger partial charge in [-0.3, -0.25) is 4.79 Å². The zero-order chi connectivity index (χ0) is 44.0. The predicted molar refractivity (Wildman–Crippen MR) is 266 cm³/mol. The summed E-state index contributed by atoms with van der Waals surface area (Å²) in [6, 6.07) is 68.1. The second-order valence-corrected chi connectivity index (χ2v) is 17.0. The topological polar surface area (TPSA) is 63.1 Å². The molecule has 66 heavy (non-hydrogen) atoms. The Kier molecular flexibility index (Phi) is 13.7. The molecule has 7 aromatic carbocycles. The summed E-state index contributed by atoms with van der Waals surface area (Å²) in [6.45, 7) is 0. The predicted octanol–water partition coefficient (Wildman–Crippen LogP) is 15.4. The third-order valence-electron chi connectivity index (χ3n) is 12.8. The number of pyridine rings is 2. The van der Waals surface area contributed by atoms with Crippen LogP contribution in [0.5, 0.6) is 0 Å². The van der Waals surface area contributed by atoms with E-state index in [-0.39, 0.29) is 37.6 Å². The van der Waals surface area contributed by atoms with Gasteiger partial charge in [-0.1, -0.05) is 146 Å². The standard InChI is InChI=1S/C61H48N2O2.Ir/c64-53(39-61(65)46-18-5-2-6-19-46)33-31-42-15-9-10-22-54(42)50-35-51(37-52(36-50)58-26-14-12-24-56(58)49-32-34-59(62-41-49)44-16-3-1-4-17-44)57-25-13-11-23-55(57)43-27-29-45(30-28-43)60-38-47-20-7-8-21-48(47)40-63-60;/h1,3-4,7-16,20-29,32,34-41,46,65H,2,5-6,18-19,31,33H2;/q-2;/b61-39-;. The van der Waals surface area contributed by atoms with Gasteiger partial charge in [0.2, 0.25) is 0 Å². The number of fused-ring (bicyclic) bond motifs is 1. The van der Waals surface area contributed by atoms with Crippen molar-refractivity contribution in [2.45, 2.75) is 44.9 Å². The summed E-state index contributed by atoms with van der Waals surface area (Å²) >= 11 is 0. The normalized spacial score (nSPS) is 13.0. The molecule has 0 bridgehead atoms. The smallest absolute Gasteiger partial charge is 0.159 e. The average Bonchev–Trinajstić information content (AvgIpc) is 3.38. The molecule has 1 radical (unpaired) electrons. The van der Waals surface area contributed by atoms with Gasteiger partial charge in [-0.15, -0.1) is 65.7 Å². The van der Waals surface area contributed by atoms with E-state index in [0.29, 0.717) is 12.8 Å². The number of carbonyl (C=O) groups is 1. The second-order valence-electron chi connectivity index (χ2n) is 17.0. The van der Waals surface area contributed by atoms with Crippen LogP contribution in [0.3, 0.4) is 0 Å². The molecular formula is C61H48IrN2O2-2. The molecule has 0 amide bonds. The molecule has 0 spiro atoms. The third-order valence-corrected chi connectivity index (χ3v) is 12.8. The Bertz CT molecular complexity index is 3150. The van der Waals surface area contributed by atoms with Gasteiger partial charge < -0.3 is 15.1 Å². The van der Waals surface area contributed by atoms with E-state index in [2.05, 4.69) is 152 Å². The fourth-order valence-corrected chi connectivity index (χ4v) is 9.35. The fraction of sp³-hybridized carbons (Fsp3) is 0.131. The minimum Gasteiger partial charge on any atom is -0.512 e. The van der Waals surface area contributed by atoms with Crippen molar-refractivity contribution in [3.63, 3.8) is 0 Å². The van der Waals surface area contributed by atoms with Crippen molar-refractivity contribution in [2.24, 2.45) is 5.92 Å². The Morgan fingerprint density at radius 3 is 1.77 bits per heavy atom. The first-order valence-electron chi connectivity index (χ1n) is 22.7. The molecule has 0 unspecified atom stereocenters. The molecule has 1 aliphatic carbocycles. The number of benzene rings is 7. The monoisotopic (exact) mass is 1030 g/mol. The van der Waals surface area contributed by atoms with Gasteiger partial charge in [0.15, 0.2) is 5.78 Å². The van der Waals surface area contributed by atoms with Gasteiger partial charge in [-0.25, -0.2) is 0 Å². The van der Waals surface area contributed by atoms with Crippen LogP contribution in [0.2, 0.25) is 0 Å². The van der Waals surface area contributed by atoms with E-state index in [0.717, 1.165) is 120 Å². The van der Waals surface area contributed by atoms with Crippen molar-refractivity contribution in [3.8, 4) is 78.1 Å². The Labute approximate surface area is 401 Å². The summed E-state index contributed by atoms with van der Waals surface area (Å²) < 4.78 is 0. The van der Waals surface area contributed by atoms with Gasteiger partial charge in [0.05, 0.1) is 5.76 Å². The molecule has 2 aromatic heterocycles. The molecule has 1 N–H and O–H groups in total. The maximum absolute atomic E-state index is 13.3. The molecule has 5 heteroatoms. The number of rotatable bonds is 12. The van der Waals surface area contributed by atoms with E-state index in [1.807, 2.05) is 48.8 Å². The summed E-state index contributed by atoms with van der Waals surface area (Å²) in [4.78, 5) is 23.0. The largest absolute Gasteiger partial charge is 0.512 e. The van der Waals surface area contributed by atoms with Gasteiger partial charge in [0.1, 0.15) is 0 Å². The summed E-state index contributed by atoms with van der Waals surface area (Å²) in [5, 5.41) is 13.1. The van der Waals surface area contributed by atoms with Crippen LogP contribution in [0, 0.1) is 18.1 Å². The van der Waals surface area contributed by atoms with Crippen LogP contribution in [0.15, 0.2) is 200 Å². The van der Waals surface area contributed by atoms with Gasteiger partial charge in [-0.05, 0) is 110 Å². The van der Waals surface area contributed by atoms with Crippen molar-refractivity contribution >= 4 is 16.6 Å². The summed E-state index contributed by atoms with van der Waals surface area (Å²) in [5.41, 5.74) is 15.5. The second kappa shape index (κ2) is 20.4. The van der Waals surface area contributed by atoms with Crippen LogP contribution in [0.4, 0.5) is 0 Å².